The van der Waals surface area contributed by atoms with Gasteiger partial charge in [0.1, 0.15) is 0 Å². The van der Waals surface area contributed by atoms with Crippen LogP contribution in [0.4, 0.5) is 0 Å². The van der Waals surface area contributed by atoms with E-state index in [2.05, 4.69) is 33.3 Å². The third-order valence-corrected chi connectivity index (χ3v) is 5.63. The Bertz CT molecular complexity index is 513. The highest BCUT2D eigenvalue weighted by atomic mass is 79.9. The van der Waals surface area contributed by atoms with Crippen LogP contribution < -0.4 is 5.32 Å². The van der Waals surface area contributed by atoms with E-state index >= 15 is 0 Å². The molecule has 20 heavy (non-hydrogen) atoms. The molecule has 4 nitrogen and oxygen atoms in total. The number of amides is 1. The standard InChI is InChI=1S/C15H22BrN3O/c1-3-19-8-13(16)14(18-19)15(20)17-9(2)12-7-10-4-5-11(12)6-10/h8-12H,3-7H2,1-2H3,(H,17,20)/t9-,10+,11+,12+/m0/s1. The van der Waals surface area contributed by atoms with Gasteiger partial charge < -0.3 is 5.32 Å². The Labute approximate surface area is 128 Å². The molecule has 3 rings (SSSR count). The van der Waals surface area contributed by atoms with Crippen molar-refractivity contribution in [3.63, 3.8) is 0 Å². The highest BCUT2D eigenvalue weighted by Crippen LogP contribution is 2.49. The van der Waals surface area contributed by atoms with E-state index < -0.39 is 0 Å². The molecule has 5 heteroatoms. The van der Waals surface area contributed by atoms with E-state index in [0.717, 1.165) is 22.9 Å². The normalized spacial score (nSPS) is 29.6. The summed E-state index contributed by atoms with van der Waals surface area (Å²) in [7, 11) is 0. The predicted molar refractivity (Wildman–Crippen MR) is 81.5 cm³/mol. The van der Waals surface area contributed by atoms with Gasteiger partial charge in [-0.15, -0.1) is 0 Å². The number of nitrogens with one attached hydrogen (secondary N) is 1. The molecule has 1 N–H and O–H groups in total. The molecule has 1 aromatic heterocycles. The van der Waals surface area contributed by atoms with Gasteiger partial charge in [0.15, 0.2) is 5.69 Å². The van der Waals surface area contributed by atoms with Crippen LogP contribution in [-0.2, 0) is 6.54 Å². The van der Waals surface area contributed by atoms with E-state index in [1.54, 1.807) is 4.68 Å². The zero-order valence-corrected chi connectivity index (χ0v) is 13.7. The van der Waals surface area contributed by atoms with Gasteiger partial charge in [-0.1, -0.05) is 6.42 Å². The minimum absolute atomic E-state index is 0.0562. The minimum Gasteiger partial charge on any atom is -0.348 e. The second-order valence-electron chi connectivity index (χ2n) is 6.28. The highest BCUT2D eigenvalue weighted by molar-refractivity contribution is 9.10. The number of carbonyl (C=O) groups is 1. The number of hydrogen-bond acceptors (Lipinski definition) is 2. The van der Waals surface area contributed by atoms with Crippen molar-refractivity contribution in [2.75, 3.05) is 0 Å². The largest absolute Gasteiger partial charge is 0.348 e. The molecule has 2 bridgehead atoms. The van der Waals surface area contributed by atoms with Gasteiger partial charge in [0, 0.05) is 18.8 Å². The first-order chi connectivity index (χ1) is 9.58. The van der Waals surface area contributed by atoms with Crippen molar-refractivity contribution in [1.82, 2.24) is 15.1 Å². The van der Waals surface area contributed by atoms with Gasteiger partial charge in [0.05, 0.1) is 4.47 Å². The summed E-state index contributed by atoms with van der Waals surface area (Å²) in [5, 5.41) is 7.47. The lowest BCUT2D eigenvalue weighted by Gasteiger charge is -2.28. The van der Waals surface area contributed by atoms with Crippen LogP contribution in [0.3, 0.4) is 0 Å². The van der Waals surface area contributed by atoms with Crippen LogP contribution in [0.25, 0.3) is 0 Å². The van der Waals surface area contributed by atoms with Gasteiger partial charge in [0.25, 0.3) is 5.91 Å². The molecule has 1 aromatic rings. The second-order valence-corrected chi connectivity index (χ2v) is 7.14. The van der Waals surface area contributed by atoms with Gasteiger partial charge >= 0.3 is 0 Å². The molecule has 1 heterocycles. The number of rotatable bonds is 4. The molecule has 0 unspecified atom stereocenters. The molecule has 0 aromatic carbocycles. The molecule has 0 saturated heterocycles. The summed E-state index contributed by atoms with van der Waals surface area (Å²) in [6.07, 6.45) is 7.27. The van der Waals surface area contributed by atoms with E-state index in [-0.39, 0.29) is 11.9 Å². The smallest absolute Gasteiger partial charge is 0.273 e. The van der Waals surface area contributed by atoms with E-state index in [9.17, 15) is 4.79 Å². The topological polar surface area (TPSA) is 46.9 Å². The van der Waals surface area contributed by atoms with Crippen LogP contribution in [0.2, 0.25) is 0 Å². The third-order valence-electron chi connectivity index (χ3n) is 5.05. The van der Waals surface area contributed by atoms with E-state index in [1.165, 1.54) is 25.7 Å². The van der Waals surface area contributed by atoms with Gasteiger partial charge in [-0.2, -0.15) is 5.10 Å². The maximum atomic E-state index is 12.4. The molecule has 0 radical (unpaired) electrons. The van der Waals surface area contributed by atoms with Crippen LogP contribution in [0.5, 0.6) is 0 Å². The molecule has 2 aliphatic rings. The van der Waals surface area contributed by atoms with Crippen molar-refractivity contribution in [3.8, 4) is 0 Å². The zero-order valence-electron chi connectivity index (χ0n) is 12.1. The van der Waals surface area contributed by atoms with Crippen molar-refractivity contribution >= 4 is 21.8 Å². The Balaban J connectivity index is 1.64. The Kier molecular flexibility index (Phi) is 3.89. The SMILES string of the molecule is CCn1cc(Br)c(C(=O)N[C@@H](C)[C@H]2C[C@@H]3CC[C@@H]2C3)n1. The van der Waals surface area contributed by atoms with Crippen LogP contribution in [0.1, 0.15) is 50.0 Å². The number of nitrogens with zero attached hydrogens (tertiary/aromatic N) is 2. The summed E-state index contributed by atoms with van der Waals surface area (Å²) in [6, 6.07) is 0.247. The number of aromatic nitrogens is 2. The zero-order chi connectivity index (χ0) is 14.3. The Morgan fingerprint density at radius 3 is 2.90 bits per heavy atom. The number of aryl methyl sites for hydroxylation is 1. The van der Waals surface area contributed by atoms with Gasteiger partial charge in [-0.25, -0.2) is 0 Å². The Morgan fingerprint density at radius 2 is 2.35 bits per heavy atom. The van der Waals surface area contributed by atoms with E-state index in [0.29, 0.717) is 11.6 Å². The first-order valence-corrected chi connectivity index (χ1v) is 8.41. The molecule has 110 valence electrons. The number of carbonyl (C=O) groups excluding carboxylic acids is 1. The average molecular weight is 340 g/mol. The summed E-state index contributed by atoms with van der Waals surface area (Å²) in [5.74, 6) is 2.34. The van der Waals surface area contributed by atoms with Gasteiger partial charge in [-0.3, -0.25) is 9.48 Å². The monoisotopic (exact) mass is 339 g/mol. The minimum atomic E-state index is -0.0562. The maximum absolute atomic E-state index is 12.4. The summed E-state index contributed by atoms with van der Waals surface area (Å²) in [4.78, 5) is 12.4. The van der Waals surface area contributed by atoms with E-state index in [1.807, 2.05) is 13.1 Å². The lowest BCUT2D eigenvalue weighted by molar-refractivity contribution is 0.0908. The fourth-order valence-electron chi connectivity index (χ4n) is 4.00. The molecule has 0 aliphatic heterocycles. The summed E-state index contributed by atoms with van der Waals surface area (Å²) >= 11 is 3.42. The fourth-order valence-corrected chi connectivity index (χ4v) is 4.50. The van der Waals surface area contributed by atoms with Crippen LogP contribution in [0.15, 0.2) is 10.7 Å². The molecule has 2 fully saturated rings. The molecule has 2 aliphatic carbocycles. The predicted octanol–water partition coefficient (Wildman–Crippen LogP) is 3.22. The Morgan fingerprint density at radius 1 is 1.55 bits per heavy atom. The molecular formula is C15H22BrN3O. The first kappa shape index (κ1) is 14.1. The number of fused-ring (bicyclic) bond motifs is 2. The van der Waals surface area contributed by atoms with Crippen molar-refractivity contribution in [2.45, 2.75) is 52.1 Å². The second kappa shape index (κ2) is 5.51. The molecular weight excluding hydrogens is 318 g/mol. The number of hydrogen-bond donors (Lipinski definition) is 1. The van der Waals surface area contributed by atoms with Crippen molar-refractivity contribution in [1.29, 1.82) is 0 Å². The Hall–Kier alpha value is -0.840. The van der Waals surface area contributed by atoms with Gasteiger partial charge in [0.2, 0.25) is 0 Å². The quantitative estimate of drug-likeness (QED) is 0.915. The van der Waals surface area contributed by atoms with Crippen molar-refractivity contribution in [2.24, 2.45) is 17.8 Å². The summed E-state index contributed by atoms with van der Waals surface area (Å²) in [6.45, 7) is 4.93. The maximum Gasteiger partial charge on any atom is 0.273 e. The molecule has 0 spiro atoms. The molecule has 2 saturated carbocycles. The average Bonchev–Trinajstić information content (AvgIpc) is 3.12. The van der Waals surface area contributed by atoms with Crippen molar-refractivity contribution < 1.29 is 4.79 Å². The third kappa shape index (κ3) is 2.52. The van der Waals surface area contributed by atoms with Crippen LogP contribution in [-0.4, -0.2) is 21.7 Å². The van der Waals surface area contributed by atoms with Crippen LogP contribution in [0, 0.1) is 17.8 Å². The summed E-state index contributed by atoms with van der Waals surface area (Å²) < 4.78 is 2.55. The first-order valence-electron chi connectivity index (χ1n) is 7.62. The molecule has 1 amide bonds. The van der Waals surface area contributed by atoms with Crippen molar-refractivity contribution in [3.05, 3.63) is 16.4 Å². The summed E-state index contributed by atoms with van der Waals surface area (Å²) in [5.41, 5.74) is 0.502. The van der Waals surface area contributed by atoms with E-state index in [4.69, 9.17) is 0 Å². The fraction of sp³-hybridized carbons (Fsp3) is 0.733. The van der Waals surface area contributed by atoms with Gasteiger partial charge in [-0.05, 0) is 66.8 Å². The lowest BCUT2D eigenvalue weighted by Crippen LogP contribution is -2.40. The number of halogens is 1. The van der Waals surface area contributed by atoms with Crippen LogP contribution >= 0.6 is 15.9 Å². The highest BCUT2D eigenvalue weighted by Gasteiger charge is 2.42. The molecule has 4 atom stereocenters. The lowest BCUT2D eigenvalue weighted by atomic mass is 9.84.